The van der Waals surface area contributed by atoms with Gasteiger partial charge in [0.1, 0.15) is 0 Å². The Kier molecular flexibility index (Phi) is 2.60. The van der Waals surface area contributed by atoms with Crippen LogP contribution in [-0.4, -0.2) is 19.5 Å². The molecule has 0 fully saturated rings. The van der Waals surface area contributed by atoms with Crippen LogP contribution in [0.5, 0.6) is 0 Å². The van der Waals surface area contributed by atoms with Crippen LogP contribution in [0.25, 0.3) is 11.2 Å². The van der Waals surface area contributed by atoms with Crippen LogP contribution in [0.3, 0.4) is 0 Å². The minimum Gasteiger partial charge on any atom is -0.315 e. The molecule has 3 rings (SSSR count). The SMILES string of the molecule is CC(C)(c1ccccc1)n1cnc2[nH]c(=O)[nH]c(=O)c21. The fraction of sp³-hybridized carbons (Fsp3) is 0.214. The quantitative estimate of drug-likeness (QED) is 0.733. The first-order valence-corrected chi connectivity index (χ1v) is 6.26. The molecule has 0 atom stereocenters. The van der Waals surface area contributed by atoms with E-state index >= 15 is 0 Å². The van der Waals surface area contributed by atoms with Crippen LogP contribution >= 0.6 is 0 Å². The highest BCUT2D eigenvalue weighted by atomic mass is 16.2. The number of benzene rings is 1. The summed E-state index contributed by atoms with van der Waals surface area (Å²) in [6, 6.07) is 9.82. The largest absolute Gasteiger partial charge is 0.327 e. The van der Waals surface area contributed by atoms with Gasteiger partial charge in [0, 0.05) is 0 Å². The number of imidazole rings is 1. The molecule has 0 amide bonds. The van der Waals surface area contributed by atoms with Crippen molar-refractivity contribution >= 4 is 11.2 Å². The second kappa shape index (κ2) is 4.19. The summed E-state index contributed by atoms with van der Waals surface area (Å²) in [5.74, 6) is 0. The Morgan fingerprint density at radius 1 is 1.10 bits per heavy atom. The maximum atomic E-state index is 12.0. The summed E-state index contributed by atoms with van der Waals surface area (Å²) < 4.78 is 1.77. The molecule has 1 aromatic carbocycles. The minimum absolute atomic E-state index is 0.294. The van der Waals surface area contributed by atoms with Crippen LogP contribution in [0, 0.1) is 0 Å². The third kappa shape index (κ3) is 1.77. The van der Waals surface area contributed by atoms with E-state index in [0.717, 1.165) is 5.56 Å². The first-order valence-electron chi connectivity index (χ1n) is 6.26. The molecule has 0 aliphatic carbocycles. The average molecular weight is 270 g/mol. The van der Waals surface area contributed by atoms with Crippen LogP contribution in [0.2, 0.25) is 0 Å². The maximum Gasteiger partial charge on any atom is 0.327 e. The fourth-order valence-electron chi connectivity index (χ4n) is 2.37. The smallest absolute Gasteiger partial charge is 0.315 e. The number of H-pyrrole nitrogens is 2. The number of hydrogen-bond acceptors (Lipinski definition) is 3. The Bertz CT molecular complexity index is 871. The van der Waals surface area contributed by atoms with Crippen molar-refractivity contribution in [1.82, 2.24) is 19.5 Å². The molecule has 20 heavy (non-hydrogen) atoms. The zero-order valence-corrected chi connectivity index (χ0v) is 11.2. The lowest BCUT2D eigenvalue weighted by Gasteiger charge is -2.27. The van der Waals surface area contributed by atoms with Gasteiger partial charge >= 0.3 is 5.69 Å². The second-order valence-electron chi connectivity index (χ2n) is 5.15. The van der Waals surface area contributed by atoms with E-state index in [-0.39, 0.29) is 0 Å². The molecule has 0 bridgehead atoms. The molecular formula is C14H14N4O2. The Morgan fingerprint density at radius 3 is 2.50 bits per heavy atom. The van der Waals surface area contributed by atoms with E-state index < -0.39 is 16.8 Å². The lowest BCUT2D eigenvalue weighted by Crippen LogP contribution is -2.31. The Hall–Kier alpha value is -2.63. The van der Waals surface area contributed by atoms with Crippen LogP contribution < -0.4 is 11.2 Å². The molecule has 0 saturated carbocycles. The van der Waals surface area contributed by atoms with E-state index in [1.165, 1.54) is 0 Å². The number of rotatable bonds is 2. The van der Waals surface area contributed by atoms with Crippen LogP contribution in [0.4, 0.5) is 0 Å². The number of aromatic amines is 2. The molecule has 6 nitrogen and oxygen atoms in total. The van der Waals surface area contributed by atoms with Gasteiger partial charge < -0.3 is 4.57 Å². The van der Waals surface area contributed by atoms with Crippen LogP contribution in [0.15, 0.2) is 46.2 Å². The highest BCUT2D eigenvalue weighted by Crippen LogP contribution is 2.27. The molecule has 0 aliphatic rings. The molecule has 102 valence electrons. The standard InChI is InChI=1S/C14H14N4O2/c1-14(2,9-6-4-3-5-7-9)18-8-15-11-10(18)12(19)17-13(20)16-11/h3-8H,1-2H3,(H2,16,17,19,20). The van der Waals surface area contributed by atoms with Crippen molar-refractivity contribution in [2.45, 2.75) is 19.4 Å². The van der Waals surface area contributed by atoms with Gasteiger partial charge in [-0.25, -0.2) is 9.78 Å². The number of aromatic nitrogens is 4. The summed E-state index contributed by atoms with van der Waals surface area (Å²) in [6.45, 7) is 3.99. The van der Waals surface area contributed by atoms with Crippen LogP contribution in [-0.2, 0) is 5.54 Å². The van der Waals surface area contributed by atoms with Crippen molar-refractivity contribution < 1.29 is 0 Å². The van der Waals surface area contributed by atoms with Crippen molar-refractivity contribution in [3.8, 4) is 0 Å². The predicted molar refractivity (Wildman–Crippen MR) is 75.8 cm³/mol. The first-order chi connectivity index (χ1) is 9.50. The summed E-state index contributed by atoms with van der Waals surface area (Å²) in [7, 11) is 0. The second-order valence-corrected chi connectivity index (χ2v) is 5.15. The summed E-state index contributed by atoms with van der Waals surface area (Å²) in [4.78, 5) is 32.2. The van der Waals surface area contributed by atoms with Gasteiger partial charge in [-0.1, -0.05) is 30.3 Å². The lowest BCUT2D eigenvalue weighted by atomic mass is 9.94. The highest BCUT2D eigenvalue weighted by molar-refractivity contribution is 5.69. The van der Waals surface area contributed by atoms with E-state index in [2.05, 4.69) is 15.0 Å². The predicted octanol–water partition coefficient (Wildman–Crippen LogP) is 1.20. The number of nitrogens with one attached hydrogen (secondary N) is 2. The van der Waals surface area contributed by atoms with Crippen molar-refractivity contribution in [1.29, 1.82) is 0 Å². The fourth-order valence-corrected chi connectivity index (χ4v) is 2.37. The van der Waals surface area contributed by atoms with Gasteiger partial charge in [0.2, 0.25) is 0 Å². The number of nitrogens with zero attached hydrogens (tertiary/aromatic N) is 2. The number of hydrogen-bond donors (Lipinski definition) is 2. The zero-order chi connectivity index (χ0) is 14.3. The van der Waals surface area contributed by atoms with Crippen molar-refractivity contribution in [3.05, 3.63) is 63.1 Å². The minimum atomic E-state index is -0.551. The van der Waals surface area contributed by atoms with Crippen molar-refractivity contribution in [3.63, 3.8) is 0 Å². The normalized spacial score (nSPS) is 11.9. The molecule has 0 saturated heterocycles. The van der Waals surface area contributed by atoms with Gasteiger partial charge in [0.15, 0.2) is 11.2 Å². The van der Waals surface area contributed by atoms with Gasteiger partial charge in [-0.05, 0) is 19.4 Å². The Morgan fingerprint density at radius 2 is 1.80 bits per heavy atom. The van der Waals surface area contributed by atoms with E-state index in [1.807, 2.05) is 44.2 Å². The van der Waals surface area contributed by atoms with Gasteiger partial charge in [0.25, 0.3) is 5.56 Å². The van der Waals surface area contributed by atoms with Gasteiger partial charge in [-0.15, -0.1) is 0 Å². The van der Waals surface area contributed by atoms with E-state index in [9.17, 15) is 9.59 Å². The molecule has 0 aliphatic heterocycles. The molecule has 2 N–H and O–H groups in total. The van der Waals surface area contributed by atoms with E-state index in [1.54, 1.807) is 10.9 Å². The third-order valence-corrected chi connectivity index (χ3v) is 3.52. The summed E-state index contributed by atoms with van der Waals surface area (Å²) in [5, 5.41) is 0. The molecule has 0 unspecified atom stereocenters. The zero-order valence-electron chi connectivity index (χ0n) is 11.2. The topological polar surface area (TPSA) is 83.5 Å². The Balaban J connectivity index is 2.30. The number of fused-ring (bicyclic) bond motifs is 1. The van der Waals surface area contributed by atoms with Gasteiger partial charge in [-0.2, -0.15) is 0 Å². The summed E-state index contributed by atoms with van der Waals surface area (Å²) >= 11 is 0. The molecule has 0 radical (unpaired) electrons. The third-order valence-electron chi connectivity index (χ3n) is 3.52. The molecule has 2 heterocycles. The monoisotopic (exact) mass is 270 g/mol. The summed E-state index contributed by atoms with van der Waals surface area (Å²) in [5.41, 5.74) is 0.253. The highest BCUT2D eigenvalue weighted by Gasteiger charge is 2.25. The summed E-state index contributed by atoms with van der Waals surface area (Å²) in [6.07, 6.45) is 1.57. The molecule has 3 aromatic rings. The van der Waals surface area contributed by atoms with Gasteiger partial charge in [0.05, 0.1) is 11.9 Å². The first kappa shape index (κ1) is 12.4. The van der Waals surface area contributed by atoms with Crippen molar-refractivity contribution in [2.24, 2.45) is 0 Å². The van der Waals surface area contributed by atoms with E-state index in [4.69, 9.17) is 0 Å². The molecule has 6 heteroatoms. The lowest BCUT2D eigenvalue weighted by molar-refractivity contribution is 0.447. The van der Waals surface area contributed by atoms with Crippen LogP contribution in [0.1, 0.15) is 19.4 Å². The van der Waals surface area contributed by atoms with E-state index in [0.29, 0.717) is 11.2 Å². The molecule has 0 spiro atoms. The van der Waals surface area contributed by atoms with Crippen molar-refractivity contribution in [2.75, 3.05) is 0 Å². The molecular weight excluding hydrogens is 256 g/mol. The maximum absolute atomic E-state index is 12.0. The Labute approximate surface area is 114 Å². The molecule has 2 aromatic heterocycles. The average Bonchev–Trinajstić information content (AvgIpc) is 2.84. The van der Waals surface area contributed by atoms with Gasteiger partial charge in [-0.3, -0.25) is 14.8 Å².